The van der Waals surface area contributed by atoms with Gasteiger partial charge in [-0.2, -0.15) is 5.26 Å². The van der Waals surface area contributed by atoms with Crippen LogP contribution in [-0.4, -0.2) is 30.4 Å². The highest BCUT2D eigenvalue weighted by molar-refractivity contribution is 5.92. The van der Waals surface area contributed by atoms with E-state index >= 15 is 0 Å². The number of nitrogens with one attached hydrogen (secondary N) is 1. The van der Waals surface area contributed by atoms with Gasteiger partial charge in [0.25, 0.3) is 0 Å². The van der Waals surface area contributed by atoms with E-state index in [1.807, 2.05) is 35.2 Å². The van der Waals surface area contributed by atoms with E-state index in [-0.39, 0.29) is 18.1 Å². The Morgan fingerprint density at radius 3 is 2.40 bits per heavy atom. The molecule has 0 aromatic heterocycles. The number of likely N-dealkylation sites (tertiary alicyclic amines) is 1. The van der Waals surface area contributed by atoms with E-state index in [1.54, 1.807) is 18.2 Å². The van der Waals surface area contributed by atoms with Crippen molar-refractivity contribution in [2.24, 2.45) is 0 Å². The zero-order valence-electron chi connectivity index (χ0n) is 13.9. The highest BCUT2D eigenvalue weighted by atomic mass is 19.1. The summed E-state index contributed by atoms with van der Waals surface area (Å²) in [6.45, 7) is 1.52. The normalized spacial score (nSPS) is 16.8. The van der Waals surface area contributed by atoms with E-state index in [4.69, 9.17) is 0 Å². The van der Waals surface area contributed by atoms with Crippen molar-refractivity contribution in [3.63, 3.8) is 0 Å². The number of rotatable bonds is 4. The molecular weight excluding hydrogens is 317 g/mol. The van der Waals surface area contributed by atoms with E-state index in [0.717, 1.165) is 5.56 Å². The van der Waals surface area contributed by atoms with Gasteiger partial charge in [0, 0.05) is 13.1 Å². The number of para-hydroxylation sites is 1. The first-order chi connectivity index (χ1) is 12.1. The summed E-state index contributed by atoms with van der Waals surface area (Å²) in [5.41, 5.74) is 0.743. The molecule has 5 heteroatoms. The van der Waals surface area contributed by atoms with Crippen molar-refractivity contribution in [2.75, 3.05) is 25.0 Å². The van der Waals surface area contributed by atoms with Gasteiger partial charge >= 0.3 is 0 Å². The molecule has 0 saturated carbocycles. The monoisotopic (exact) mass is 337 g/mol. The van der Waals surface area contributed by atoms with Crippen LogP contribution in [0.2, 0.25) is 0 Å². The van der Waals surface area contributed by atoms with E-state index in [9.17, 15) is 14.4 Å². The fourth-order valence-corrected chi connectivity index (χ4v) is 3.27. The van der Waals surface area contributed by atoms with Crippen LogP contribution in [0.5, 0.6) is 0 Å². The van der Waals surface area contributed by atoms with Gasteiger partial charge in [0.1, 0.15) is 5.82 Å². The van der Waals surface area contributed by atoms with Gasteiger partial charge in [-0.15, -0.1) is 0 Å². The summed E-state index contributed by atoms with van der Waals surface area (Å²) in [7, 11) is 0. The Bertz CT molecular complexity index is 777. The van der Waals surface area contributed by atoms with Gasteiger partial charge in [0.15, 0.2) is 0 Å². The van der Waals surface area contributed by atoms with Gasteiger partial charge < -0.3 is 5.32 Å². The minimum Gasteiger partial charge on any atom is -0.322 e. The molecule has 0 atom stereocenters. The minimum atomic E-state index is -0.486. The first kappa shape index (κ1) is 17.1. The Morgan fingerprint density at radius 2 is 1.76 bits per heavy atom. The van der Waals surface area contributed by atoms with Gasteiger partial charge in [-0.05, 0) is 30.5 Å². The molecule has 0 radical (unpaired) electrons. The van der Waals surface area contributed by atoms with Crippen molar-refractivity contribution in [3.8, 4) is 6.07 Å². The zero-order valence-corrected chi connectivity index (χ0v) is 13.9. The maximum Gasteiger partial charge on any atom is 0.238 e. The number of nitrogens with zero attached hydrogens (tertiary/aromatic N) is 2. The van der Waals surface area contributed by atoms with Crippen LogP contribution in [0.4, 0.5) is 10.1 Å². The summed E-state index contributed by atoms with van der Waals surface area (Å²) in [6.07, 6.45) is 1.36. The van der Waals surface area contributed by atoms with Crippen molar-refractivity contribution in [1.82, 2.24) is 4.90 Å². The Hall–Kier alpha value is -2.71. The molecule has 3 rings (SSSR count). The molecule has 1 aliphatic heterocycles. The lowest BCUT2D eigenvalue weighted by Gasteiger charge is -2.37. The number of hydrogen-bond acceptors (Lipinski definition) is 3. The molecule has 2 aromatic carbocycles. The number of halogens is 1. The number of anilines is 1. The summed E-state index contributed by atoms with van der Waals surface area (Å²) < 4.78 is 13.6. The van der Waals surface area contributed by atoms with Crippen molar-refractivity contribution in [2.45, 2.75) is 18.3 Å². The molecule has 1 heterocycles. The molecule has 1 amide bonds. The van der Waals surface area contributed by atoms with Gasteiger partial charge in [-0.3, -0.25) is 9.69 Å². The van der Waals surface area contributed by atoms with Crippen molar-refractivity contribution < 1.29 is 9.18 Å². The molecule has 0 aliphatic carbocycles. The molecule has 25 heavy (non-hydrogen) atoms. The molecule has 0 bridgehead atoms. The third kappa shape index (κ3) is 3.86. The molecule has 2 aromatic rings. The lowest BCUT2D eigenvalue weighted by molar-refractivity contribution is -0.117. The molecule has 1 saturated heterocycles. The second-order valence-corrected chi connectivity index (χ2v) is 6.36. The Labute approximate surface area is 146 Å². The largest absolute Gasteiger partial charge is 0.322 e. The van der Waals surface area contributed by atoms with Crippen molar-refractivity contribution in [1.29, 1.82) is 5.26 Å². The number of carbonyl (C=O) groups is 1. The maximum absolute atomic E-state index is 13.6. The van der Waals surface area contributed by atoms with Crippen LogP contribution in [-0.2, 0) is 10.2 Å². The number of piperidine rings is 1. The molecule has 1 aliphatic rings. The van der Waals surface area contributed by atoms with E-state index in [2.05, 4.69) is 11.4 Å². The standard InChI is InChI=1S/C20H20FN3O/c21-17-8-4-5-9-18(17)23-19(25)14-24-12-10-20(15-22,11-13-24)16-6-2-1-3-7-16/h1-9H,10-14H2,(H,23,25). The predicted octanol–water partition coefficient (Wildman–Crippen LogP) is 3.32. The van der Waals surface area contributed by atoms with Crippen LogP contribution in [0.25, 0.3) is 0 Å². The van der Waals surface area contributed by atoms with Crippen LogP contribution in [0.15, 0.2) is 54.6 Å². The summed E-state index contributed by atoms with van der Waals surface area (Å²) in [5, 5.41) is 12.3. The molecule has 128 valence electrons. The summed E-state index contributed by atoms with van der Waals surface area (Å²) >= 11 is 0. The molecular formula is C20H20FN3O. The zero-order chi connectivity index (χ0) is 17.7. The average molecular weight is 337 g/mol. The third-order valence-corrected chi connectivity index (χ3v) is 4.77. The average Bonchev–Trinajstić information content (AvgIpc) is 2.65. The molecule has 4 nitrogen and oxygen atoms in total. The first-order valence-corrected chi connectivity index (χ1v) is 8.36. The second-order valence-electron chi connectivity index (χ2n) is 6.36. The van der Waals surface area contributed by atoms with Gasteiger partial charge in [-0.25, -0.2) is 4.39 Å². The van der Waals surface area contributed by atoms with E-state index < -0.39 is 11.2 Å². The second kappa shape index (κ2) is 7.45. The lowest BCUT2D eigenvalue weighted by Crippen LogP contribution is -2.44. The maximum atomic E-state index is 13.6. The third-order valence-electron chi connectivity index (χ3n) is 4.77. The highest BCUT2D eigenvalue weighted by Crippen LogP contribution is 2.34. The number of carbonyl (C=O) groups excluding carboxylic acids is 1. The fourth-order valence-electron chi connectivity index (χ4n) is 3.27. The number of nitriles is 1. The number of hydrogen-bond donors (Lipinski definition) is 1. The van der Waals surface area contributed by atoms with Crippen LogP contribution in [0.3, 0.4) is 0 Å². The van der Waals surface area contributed by atoms with Crippen molar-refractivity contribution >= 4 is 11.6 Å². The SMILES string of the molecule is N#CC1(c2ccccc2)CCN(CC(=O)Nc2ccccc2F)CC1. The number of amides is 1. The molecule has 1 N–H and O–H groups in total. The fraction of sp³-hybridized carbons (Fsp3) is 0.300. The van der Waals surface area contributed by atoms with Crippen LogP contribution in [0.1, 0.15) is 18.4 Å². The topological polar surface area (TPSA) is 56.1 Å². The first-order valence-electron chi connectivity index (χ1n) is 8.36. The molecule has 0 spiro atoms. The quantitative estimate of drug-likeness (QED) is 0.931. The molecule has 0 unspecified atom stereocenters. The predicted molar refractivity (Wildman–Crippen MR) is 94.4 cm³/mol. The van der Waals surface area contributed by atoms with Crippen LogP contribution in [0, 0.1) is 17.1 Å². The Kier molecular flexibility index (Phi) is 5.11. The lowest BCUT2D eigenvalue weighted by atomic mass is 9.74. The van der Waals surface area contributed by atoms with Gasteiger partial charge in [0.2, 0.25) is 5.91 Å². The van der Waals surface area contributed by atoms with Gasteiger partial charge in [0.05, 0.1) is 23.7 Å². The number of benzene rings is 2. The molecule has 1 fully saturated rings. The Morgan fingerprint density at radius 1 is 1.12 bits per heavy atom. The Balaban J connectivity index is 1.58. The smallest absolute Gasteiger partial charge is 0.238 e. The van der Waals surface area contributed by atoms with Crippen molar-refractivity contribution in [3.05, 3.63) is 66.0 Å². The van der Waals surface area contributed by atoms with E-state index in [0.29, 0.717) is 25.9 Å². The highest BCUT2D eigenvalue weighted by Gasteiger charge is 2.36. The van der Waals surface area contributed by atoms with Crippen LogP contribution >= 0.6 is 0 Å². The van der Waals surface area contributed by atoms with Gasteiger partial charge in [-0.1, -0.05) is 42.5 Å². The summed E-state index contributed by atoms with van der Waals surface area (Å²) in [6, 6.07) is 18.4. The summed E-state index contributed by atoms with van der Waals surface area (Å²) in [5.74, 6) is -0.684. The van der Waals surface area contributed by atoms with Crippen LogP contribution < -0.4 is 5.32 Å². The summed E-state index contributed by atoms with van der Waals surface area (Å²) in [4.78, 5) is 14.2. The minimum absolute atomic E-state index is 0.195. The van der Waals surface area contributed by atoms with E-state index in [1.165, 1.54) is 6.07 Å².